The molecule has 4 rings (SSSR count). The number of aromatic nitrogens is 3. The van der Waals surface area contributed by atoms with Crippen LogP contribution in [0.25, 0.3) is 16.6 Å². The molecule has 0 radical (unpaired) electrons. The van der Waals surface area contributed by atoms with Gasteiger partial charge in [0.2, 0.25) is 5.91 Å². The zero-order valence-corrected chi connectivity index (χ0v) is 19.1. The molecule has 2 aromatic carbocycles. The predicted molar refractivity (Wildman–Crippen MR) is 126 cm³/mol. The van der Waals surface area contributed by atoms with Gasteiger partial charge in [0, 0.05) is 24.3 Å². The number of rotatable bonds is 8. The Kier molecular flexibility index (Phi) is 6.64. The standard InChI is InChI=1S/C23H22N4O5S/c1-14-12-20(26-32-14)25-21(28)10-11-33-23-24-17-7-5-4-6-16(17)22(29)27(23)15-8-9-18(30-2)19(13-15)31-3/h4-9,12-13H,10-11H2,1-3H3,(H,25,26,28). The SMILES string of the molecule is COc1ccc(-n2c(SCCC(=O)Nc3cc(C)on3)nc3ccccc3c2=O)cc1OC. The van der Waals surface area contributed by atoms with Crippen molar-refractivity contribution < 1.29 is 18.8 Å². The second-order valence-corrected chi connectivity index (χ2v) is 8.12. The minimum absolute atomic E-state index is 0.200. The number of hydrogen-bond donors (Lipinski definition) is 1. The van der Waals surface area contributed by atoms with E-state index in [1.807, 2.05) is 6.07 Å². The molecule has 0 aliphatic carbocycles. The number of anilines is 1. The summed E-state index contributed by atoms with van der Waals surface area (Å²) < 4.78 is 17.2. The van der Waals surface area contributed by atoms with Gasteiger partial charge in [0.1, 0.15) is 5.76 Å². The Labute approximate surface area is 193 Å². The third-order valence-electron chi connectivity index (χ3n) is 4.83. The first-order chi connectivity index (χ1) is 16.0. The van der Waals surface area contributed by atoms with Crippen LogP contribution in [0.4, 0.5) is 5.82 Å². The van der Waals surface area contributed by atoms with Gasteiger partial charge in [-0.1, -0.05) is 29.1 Å². The Balaban J connectivity index is 1.64. The number of para-hydroxylation sites is 1. The summed E-state index contributed by atoms with van der Waals surface area (Å²) in [7, 11) is 3.08. The van der Waals surface area contributed by atoms with Crippen molar-refractivity contribution in [1.82, 2.24) is 14.7 Å². The summed E-state index contributed by atoms with van der Waals surface area (Å²) in [6.07, 6.45) is 0.200. The highest BCUT2D eigenvalue weighted by Crippen LogP contribution is 2.30. The van der Waals surface area contributed by atoms with Crippen molar-refractivity contribution in [2.24, 2.45) is 0 Å². The van der Waals surface area contributed by atoms with Crippen molar-refractivity contribution in [3.05, 3.63) is 64.6 Å². The molecule has 33 heavy (non-hydrogen) atoms. The number of benzene rings is 2. The van der Waals surface area contributed by atoms with Crippen LogP contribution >= 0.6 is 11.8 Å². The van der Waals surface area contributed by atoms with Gasteiger partial charge in [0.15, 0.2) is 22.5 Å². The van der Waals surface area contributed by atoms with Gasteiger partial charge in [-0.15, -0.1) is 0 Å². The van der Waals surface area contributed by atoms with Crippen molar-refractivity contribution in [2.75, 3.05) is 25.3 Å². The second kappa shape index (κ2) is 9.78. The number of amides is 1. The Morgan fingerprint density at radius 3 is 2.64 bits per heavy atom. The maximum Gasteiger partial charge on any atom is 0.266 e. The number of hydrogen-bond acceptors (Lipinski definition) is 8. The summed E-state index contributed by atoms with van der Waals surface area (Å²) in [4.78, 5) is 30.3. The molecule has 2 heterocycles. The van der Waals surface area contributed by atoms with Gasteiger partial charge < -0.3 is 19.3 Å². The molecular weight excluding hydrogens is 444 g/mol. The number of ether oxygens (including phenoxy) is 2. The lowest BCUT2D eigenvalue weighted by Crippen LogP contribution is -2.22. The van der Waals surface area contributed by atoms with E-state index in [4.69, 9.17) is 14.0 Å². The number of nitrogens with zero attached hydrogens (tertiary/aromatic N) is 3. The number of carbonyl (C=O) groups is 1. The molecule has 0 fully saturated rings. The first kappa shape index (κ1) is 22.4. The molecule has 0 aliphatic heterocycles. The number of carbonyl (C=O) groups excluding carboxylic acids is 1. The lowest BCUT2D eigenvalue weighted by molar-refractivity contribution is -0.115. The average Bonchev–Trinajstić information content (AvgIpc) is 3.23. The first-order valence-electron chi connectivity index (χ1n) is 10.1. The third-order valence-corrected chi connectivity index (χ3v) is 5.77. The quantitative estimate of drug-likeness (QED) is 0.308. The molecule has 0 saturated heterocycles. The minimum atomic E-state index is -0.211. The number of nitrogens with one attached hydrogen (secondary N) is 1. The molecule has 9 nitrogen and oxygen atoms in total. The molecule has 0 atom stereocenters. The van der Waals surface area contributed by atoms with Crippen LogP contribution in [0.2, 0.25) is 0 Å². The van der Waals surface area contributed by atoms with Crippen LogP contribution in [0.15, 0.2) is 63.0 Å². The van der Waals surface area contributed by atoms with E-state index in [0.29, 0.717) is 50.6 Å². The van der Waals surface area contributed by atoms with Gasteiger partial charge in [-0.05, 0) is 31.2 Å². The Bertz CT molecular complexity index is 1360. The van der Waals surface area contributed by atoms with Gasteiger partial charge in [-0.25, -0.2) is 4.98 Å². The fourth-order valence-electron chi connectivity index (χ4n) is 3.27. The van der Waals surface area contributed by atoms with Crippen molar-refractivity contribution >= 4 is 34.4 Å². The highest BCUT2D eigenvalue weighted by atomic mass is 32.2. The van der Waals surface area contributed by atoms with Crippen molar-refractivity contribution in [2.45, 2.75) is 18.5 Å². The van der Waals surface area contributed by atoms with Gasteiger partial charge >= 0.3 is 0 Å². The molecule has 0 bridgehead atoms. The van der Waals surface area contributed by atoms with Crippen LogP contribution in [0.1, 0.15) is 12.2 Å². The van der Waals surface area contributed by atoms with Gasteiger partial charge in [-0.3, -0.25) is 14.2 Å². The first-order valence-corrected chi connectivity index (χ1v) is 11.1. The van der Waals surface area contributed by atoms with E-state index in [0.717, 1.165) is 0 Å². The lowest BCUT2D eigenvalue weighted by atomic mass is 10.2. The molecule has 1 amide bonds. The minimum Gasteiger partial charge on any atom is -0.493 e. The number of thioether (sulfide) groups is 1. The molecule has 0 aliphatic rings. The monoisotopic (exact) mass is 466 g/mol. The summed E-state index contributed by atoms with van der Waals surface area (Å²) in [5, 5.41) is 7.41. The van der Waals surface area contributed by atoms with E-state index in [1.54, 1.807) is 56.5 Å². The lowest BCUT2D eigenvalue weighted by Gasteiger charge is -2.15. The Morgan fingerprint density at radius 2 is 1.91 bits per heavy atom. The van der Waals surface area contributed by atoms with Crippen LogP contribution in [-0.2, 0) is 4.79 Å². The second-order valence-electron chi connectivity index (χ2n) is 7.06. The summed E-state index contributed by atoms with van der Waals surface area (Å²) in [6.45, 7) is 1.75. The van der Waals surface area contributed by atoms with Crippen LogP contribution in [-0.4, -0.2) is 40.6 Å². The Hall–Kier alpha value is -3.79. The summed E-state index contributed by atoms with van der Waals surface area (Å²) in [5.41, 5.74) is 0.961. The highest BCUT2D eigenvalue weighted by Gasteiger charge is 2.16. The molecule has 170 valence electrons. The predicted octanol–water partition coefficient (Wildman–Crippen LogP) is 3.82. The van der Waals surface area contributed by atoms with Gasteiger partial charge in [-0.2, -0.15) is 0 Å². The van der Waals surface area contributed by atoms with E-state index >= 15 is 0 Å². The fraction of sp³-hybridized carbons (Fsp3) is 0.217. The largest absolute Gasteiger partial charge is 0.493 e. The van der Waals surface area contributed by atoms with Crippen molar-refractivity contribution in [3.63, 3.8) is 0 Å². The van der Waals surface area contributed by atoms with Crippen molar-refractivity contribution in [1.29, 1.82) is 0 Å². The van der Waals surface area contributed by atoms with Crippen LogP contribution in [0.5, 0.6) is 11.5 Å². The molecule has 0 spiro atoms. The van der Waals surface area contributed by atoms with E-state index in [1.165, 1.54) is 23.4 Å². The molecule has 1 N–H and O–H groups in total. The molecule has 0 saturated carbocycles. The van der Waals surface area contributed by atoms with Crippen LogP contribution < -0.4 is 20.3 Å². The van der Waals surface area contributed by atoms with Crippen molar-refractivity contribution in [3.8, 4) is 17.2 Å². The summed E-state index contributed by atoms with van der Waals surface area (Å²) >= 11 is 1.31. The van der Waals surface area contributed by atoms with E-state index < -0.39 is 0 Å². The number of fused-ring (bicyclic) bond motifs is 1. The van der Waals surface area contributed by atoms with Gasteiger partial charge in [0.25, 0.3) is 5.56 Å². The summed E-state index contributed by atoms with van der Waals surface area (Å²) in [5.74, 6) is 2.22. The van der Waals surface area contributed by atoms with Crippen LogP contribution in [0.3, 0.4) is 0 Å². The Morgan fingerprint density at radius 1 is 1.12 bits per heavy atom. The summed E-state index contributed by atoms with van der Waals surface area (Å²) in [6, 6.07) is 14.0. The van der Waals surface area contributed by atoms with Crippen LogP contribution in [0, 0.1) is 6.92 Å². The number of aryl methyl sites for hydroxylation is 1. The van der Waals surface area contributed by atoms with E-state index in [9.17, 15) is 9.59 Å². The zero-order valence-electron chi connectivity index (χ0n) is 18.3. The maximum atomic E-state index is 13.4. The topological polar surface area (TPSA) is 108 Å². The average molecular weight is 467 g/mol. The molecular formula is C23H22N4O5S. The smallest absolute Gasteiger partial charge is 0.266 e. The van der Waals surface area contributed by atoms with E-state index in [2.05, 4.69) is 15.5 Å². The fourth-order valence-corrected chi connectivity index (χ4v) is 4.22. The molecule has 4 aromatic rings. The number of methoxy groups -OCH3 is 2. The van der Waals surface area contributed by atoms with Gasteiger partial charge in [0.05, 0.1) is 30.8 Å². The third kappa shape index (κ3) is 4.85. The maximum absolute atomic E-state index is 13.4. The highest BCUT2D eigenvalue weighted by molar-refractivity contribution is 7.99. The molecule has 10 heteroatoms. The molecule has 0 unspecified atom stereocenters. The normalized spacial score (nSPS) is 10.9. The molecule has 2 aromatic heterocycles. The zero-order chi connectivity index (χ0) is 23.4. The van der Waals surface area contributed by atoms with E-state index in [-0.39, 0.29) is 17.9 Å².